The summed E-state index contributed by atoms with van der Waals surface area (Å²) >= 11 is 0. The third kappa shape index (κ3) is 3.13. The Morgan fingerprint density at radius 3 is 2.42 bits per heavy atom. The average molecular weight is 290 g/mol. The molecule has 8 heteroatoms. The van der Waals surface area contributed by atoms with Crippen molar-refractivity contribution in [1.82, 2.24) is 9.88 Å². The Morgan fingerprint density at radius 2 is 2.05 bits per heavy atom. The first kappa shape index (κ1) is 15.6. The highest BCUT2D eigenvalue weighted by Crippen LogP contribution is 2.22. The molecule has 1 atom stereocenters. The van der Waals surface area contributed by atoms with E-state index in [1.807, 2.05) is 0 Å². The lowest BCUT2D eigenvalue weighted by Crippen LogP contribution is -2.52. The molecule has 1 heterocycles. The van der Waals surface area contributed by atoms with Gasteiger partial charge in [-0.1, -0.05) is 18.5 Å². The summed E-state index contributed by atoms with van der Waals surface area (Å²) in [7, 11) is -3.99. The maximum absolute atomic E-state index is 12.3. The number of hydrogen-bond acceptors (Lipinski definition) is 5. The predicted molar refractivity (Wildman–Crippen MR) is 67.2 cm³/mol. The zero-order chi connectivity index (χ0) is 14.8. The molecule has 0 aliphatic rings. The standard InChI is InChI=1S/C11H18N2O5S/c1-5-6-11(4,10(14)15)13-19(16,17)9-7(2)12-18-8(9)3/h13H,5-6H2,1-4H3,(H,14,15). The zero-order valence-electron chi connectivity index (χ0n) is 11.3. The minimum atomic E-state index is -3.99. The highest BCUT2D eigenvalue weighted by atomic mass is 32.2. The first-order valence-corrected chi connectivity index (χ1v) is 7.32. The summed E-state index contributed by atoms with van der Waals surface area (Å²) in [6.45, 7) is 6.08. The van der Waals surface area contributed by atoms with E-state index < -0.39 is 21.5 Å². The van der Waals surface area contributed by atoms with Crippen molar-refractivity contribution in [3.63, 3.8) is 0 Å². The molecule has 0 bridgehead atoms. The summed E-state index contributed by atoms with van der Waals surface area (Å²) in [6, 6.07) is 0. The van der Waals surface area contributed by atoms with Gasteiger partial charge in [0, 0.05) is 0 Å². The molecule has 108 valence electrons. The maximum Gasteiger partial charge on any atom is 0.324 e. The van der Waals surface area contributed by atoms with Crippen molar-refractivity contribution in [3.05, 3.63) is 11.5 Å². The molecule has 0 fully saturated rings. The SMILES string of the molecule is CCCC(C)(NS(=O)(=O)c1c(C)noc1C)C(=O)O. The molecule has 7 nitrogen and oxygen atoms in total. The van der Waals surface area contributed by atoms with Crippen molar-refractivity contribution < 1.29 is 22.8 Å². The van der Waals surface area contributed by atoms with Gasteiger partial charge in [-0.2, -0.15) is 4.72 Å². The summed E-state index contributed by atoms with van der Waals surface area (Å²) in [5.41, 5.74) is -1.35. The van der Waals surface area contributed by atoms with Crippen LogP contribution in [0.3, 0.4) is 0 Å². The molecule has 1 aromatic heterocycles. The van der Waals surface area contributed by atoms with E-state index in [0.717, 1.165) is 0 Å². The fourth-order valence-electron chi connectivity index (χ4n) is 1.91. The van der Waals surface area contributed by atoms with Gasteiger partial charge in [0.1, 0.15) is 16.1 Å². The molecular weight excluding hydrogens is 272 g/mol. The molecule has 0 aliphatic carbocycles. The first-order chi connectivity index (χ1) is 8.64. The van der Waals surface area contributed by atoms with Crippen LogP contribution in [-0.2, 0) is 14.8 Å². The van der Waals surface area contributed by atoms with Crippen LogP contribution >= 0.6 is 0 Å². The number of rotatable bonds is 6. The van der Waals surface area contributed by atoms with Crippen LogP contribution in [0.25, 0.3) is 0 Å². The van der Waals surface area contributed by atoms with Gasteiger partial charge in [0.15, 0.2) is 5.76 Å². The second-order valence-corrected chi connectivity index (χ2v) is 6.27. The van der Waals surface area contributed by atoms with E-state index in [1.165, 1.54) is 20.8 Å². The minimum Gasteiger partial charge on any atom is -0.480 e. The number of carboxylic acid groups (broad SMARTS) is 1. The second kappa shape index (κ2) is 5.30. The molecule has 1 aromatic rings. The van der Waals surface area contributed by atoms with Gasteiger partial charge >= 0.3 is 5.97 Å². The van der Waals surface area contributed by atoms with Gasteiger partial charge < -0.3 is 9.63 Å². The highest BCUT2D eigenvalue weighted by molar-refractivity contribution is 7.89. The van der Waals surface area contributed by atoms with E-state index in [0.29, 0.717) is 6.42 Å². The van der Waals surface area contributed by atoms with Crippen LogP contribution in [0.2, 0.25) is 0 Å². The Labute approximate surface area is 112 Å². The van der Waals surface area contributed by atoms with Gasteiger partial charge in [-0.15, -0.1) is 0 Å². The number of aliphatic carboxylic acids is 1. The number of carbonyl (C=O) groups is 1. The molecular formula is C11H18N2O5S. The van der Waals surface area contributed by atoms with Gasteiger partial charge in [0.05, 0.1) is 0 Å². The van der Waals surface area contributed by atoms with Crippen LogP contribution in [0.15, 0.2) is 9.42 Å². The number of aromatic nitrogens is 1. The van der Waals surface area contributed by atoms with Crippen molar-refractivity contribution in [1.29, 1.82) is 0 Å². The van der Waals surface area contributed by atoms with E-state index in [4.69, 9.17) is 4.52 Å². The Hall–Kier alpha value is -1.41. The minimum absolute atomic E-state index is 0.101. The summed E-state index contributed by atoms with van der Waals surface area (Å²) in [5.74, 6) is -1.08. The van der Waals surface area contributed by atoms with Gasteiger partial charge in [-0.3, -0.25) is 4.79 Å². The molecule has 19 heavy (non-hydrogen) atoms. The van der Waals surface area contributed by atoms with Crippen LogP contribution in [0, 0.1) is 13.8 Å². The molecule has 1 rings (SSSR count). The van der Waals surface area contributed by atoms with E-state index in [2.05, 4.69) is 9.88 Å². The third-order valence-electron chi connectivity index (χ3n) is 2.82. The number of nitrogens with one attached hydrogen (secondary N) is 1. The Bertz CT molecular complexity index is 558. The van der Waals surface area contributed by atoms with Gasteiger partial charge in [-0.05, 0) is 27.2 Å². The first-order valence-electron chi connectivity index (χ1n) is 5.84. The average Bonchev–Trinajstić information content (AvgIpc) is 2.58. The van der Waals surface area contributed by atoms with Crippen LogP contribution in [0.4, 0.5) is 0 Å². The molecule has 0 radical (unpaired) electrons. The van der Waals surface area contributed by atoms with Crippen LogP contribution in [0.5, 0.6) is 0 Å². The molecule has 0 saturated carbocycles. The Balaban J connectivity index is 3.19. The van der Waals surface area contributed by atoms with E-state index >= 15 is 0 Å². The molecule has 0 amide bonds. The summed E-state index contributed by atoms with van der Waals surface area (Å²) in [5, 5.41) is 12.8. The van der Waals surface area contributed by atoms with Crippen LogP contribution in [-0.4, -0.2) is 30.2 Å². The van der Waals surface area contributed by atoms with Crippen molar-refractivity contribution in [2.45, 2.75) is 51.0 Å². The molecule has 0 aliphatic heterocycles. The van der Waals surface area contributed by atoms with E-state index in [-0.39, 0.29) is 22.8 Å². The van der Waals surface area contributed by atoms with Gasteiger partial charge in [0.25, 0.3) is 0 Å². The number of carboxylic acids is 1. The Kier molecular flexibility index (Phi) is 4.36. The van der Waals surface area contributed by atoms with Crippen LogP contribution in [0.1, 0.15) is 38.1 Å². The van der Waals surface area contributed by atoms with E-state index in [9.17, 15) is 18.3 Å². The summed E-state index contributed by atoms with van der Waals surface area (Å²) in [4.78, 5) is 11.2. The lowest BCUT2D eigenvalue weighted by molar-refractivity contribution is -0.143. The fourth-order valence-corrected chi connectivity index (χ4v) is 3.63. The molecule has 0 spiro atoms. The monoisotopic (exact) mass is 290 g/mol. The summed E-state index contributed by atoms with van der Waals surface area (Å²) < 4.78 is 31.5. The van der Waals surface area contributed by atoms with Crippen LogP contribution < -0.4 is 4.72 Å². The molecule has 1 unspecified atom stereocenters. The second-order valence-electron chi connectivity index (χ2n) is 4.65. The lowest BCUT2D eigenvalue weighted by Gasteiger charge is -2.25. The quantitative estimate of drug-likeness (QED) is 0.815. The van der Waals surface area contributed by atoms with Gasteiger partial charge in [0.2, 0.25) is 10.0 Å². The third-order valence-corrected chi connectivity index (χ3v) is 4.66. The number of nitrogens with zero attached hydrogens (tertiary/aromatic N) is 1. The van der Waals surface area contributed by atoms with Crippen molar-refractivity contribution >= 4 is 16.0 Å². The smallest absolute Gasteiger partial charge is 0.324 e. The van der Waals surface area contributed by atoms with Gasteiger partial charge in [-0.25, -0.2) is 8.42 Å². The van der Waals surface area contributed by atoms with Crippen molar-refractivity contribution in [2.75, 3.05) is 0 Å². The highest BCUT2D eigenvalue weighted by Gasteiger charge is 2.38. The lowest BCUT2D eigenvalue weighted by atomic mass is 9.98. The maximum atomic E-state index is 12.3. The molecule has 0 aromatic carbocycles. The van der Waals surface area contributed by atoms with Crippen molar-refractivity contribution in [2.24, 2.45) is 0 Å². The molecule has 2 N–H and O–H groups in total. The number of aryl methyl sites for hydroxylation is 2. The Morgan fingerprint density at radius 1 is 1.47 bits per heavy atom. The fraction of sp³-hybridized carbons (Fsp3) is 0.636. The number of hydrogen-bond donors (Lipinski definition) is 2. The predicted octanol–water partition coefficient (Wildman–Crippen LogP) is 1.21. The summed E-state index contributed by atoms with van der Waals surface area (Å²) in [6.07, 6.45) is 0.720. The normalized spacial score (nSPS) is 15.2. The van der Waals surface area contributed by atoms with Crippen molar-refractivity contribution in [3.8, 4) is 0 Å². The largest absolute Gasteiger partial charge is 0.480 e. The topological polar surface area (TPSA) is 110 Å². The molecule has 0 saturated heterocycles. The number of sulfonamides is 1. The zero-order valence-corrected chi connectivity index (χ0v) is 12.2. The van der Waals surface area contributed by atoms with E-state index in [1.54, 1.807) is 6.92 Å².